The topological polar surface area (TPSA) is 58.2 Å². The first-order valence-electron chi connectivity index (χ1n) is 7.75. The van der Waals surface area contributed by atoms with Crippen LogP contribution in [0.25, 0.3) is 10.9 Å². The third-order valence-electron chi connectivity index (χ3n) is 4.37. The number of benzene rings is 2. The van der Waals surface area contributed by atoms with Gasteiger partial charge in [-0.05, 0) is 36.8 Å². The summed E-state index contributed by atoms with van der Waals surface area (Å²) in [7, 11) is 1.56. The van der Waals surface area contributed by atoms with E-state index in [1.807, 2.05) is 11.0 Å². The second kappa shape index (κ2) is 5.63. The number of rotatable bonds is 3. The number of halogens is 1. The smallest absolute Gasteiger partial charge is 0.258 e. The largest absolute Gasteiger partial charge is 0.497 e. The standard InChI is InChI=1S/C18H16FN3O2/c1-24-11-5-6-15-13(9-11)18(23)21-17(20-15)10-22-8-7-12-14(19)3-2-4-16(12)22/h2-6,9H,7-8,10H2,1H3,(H,20,21,23). The van der Waals surface area contributed by atoms with E-state index in [0.717, 1.165) is 11.3 Å². The summed E-state index contributed by atoms with van der Waals surface area (Å²) >= 11 is 0. The van der Waals surface area contributed by atoms with Crippen LogP contribution in [0.2, 0.25) is 0 Å². The van der Waals surface area contributed by atoms with Crippen LogP contribution in [0.4, 0.5) is 10.1 Å². The van der Waals surface area contributed by atoms with E-state index in [9.17, 15) is 9.18 Å². The van der Waals surface area contributed by atoms with Crippen molar-refractivity contribution in [3.8, 4) is 5.75 Å². The normalized spacial score (nSPS) is 13.3. The van der Waals surface area contributed by atoms with E-state index in [2.05, 4.69) is 9.97 Å². The summed E-state index contributed by atoms with van der Waals surface area (Å²) < 4.78 is 19.0. The Kier molecular flexibility index (Phi) is 3.45. The van der Waals surface area contributed by atoms with Gasteiger partial charge in [-0.25, -0.2) is 9.37 Å². The molecule has 24 heavy (non-hydrogen) atoms. The lowest BCUT2D eigenvalue weighted by Crippen LogP contribution is -2.23. The highest BCUT2D eigenvalue weighted by Crippen LogP contribution is 2.30. The van der Waals surface area contributed by atoms with E-state index >= 15 is 0 Å². The van der Waals surface area contributed by atoms with Crippen LogP contribution in [0.5, 0.6) is 5.75 Å². The van der Waals surface area contributed by atoms with Crippen LogP contribution in [0, 0.1) is 5.82 Å². The lowest BCUT2D eigenvalue weighted by molar-refractivity contribution is 0.415. The number of hydrogen-bond donors (Lipinski definition) is 1. The Labute approximate surface area is 137 Å². The highest BCUT2D eigenvalue weighted by molar-refractivity contribution is 5.79. The molecule has 0 saturated carbocycles. The second-order valence-corrected chi connectivity index (χ2v) is 5.80. The zero-order valence-corrected chi connectivity index (χ0v) is 13.2. The van der Waals surface area contributed by atoms with Crippen molar-refractivity contribution in [2.24, 2.45) is 0 Å². The van der Waals surface area contributed by atoms with Gasteiger partial charge in [0.25, 0.3) is 5.56 Å². The molecular weight excluding hydrogens is 309 g/mol. The van der Waals surface area contributed by atoms with Crippen molar-refractivity contribution in [1.29, 1.82) is 0 Å². The number of aromatic nitrogens is 2. The average molecular weight is 325 g/mol. The first-order chi connectivity index (χ1) is 11.7. The van der Waals surface area contributed by atoms with E-state index in [0.29, 0.717) is 42.0 Å². The monoisotopic (exact) mass is 325 g/mol. The van der Waals surface area contributed by atoms with Gasteiger partial charge in [-0.15, -0.1) is 0 Å². The predicted octanol–water partition coefficient (Wildman–Crippen LogP) is 2.63. The van der Waals surface area contributed by atoms with E-state index in [-0.39, 0.29) is 11.4 Å². The van der Waals surface area contributed by atoms with Crippen LogP contribution >= 0.6 is 0 Å². The van der Waals surface area contributed by atoms with Crippen LogP contribution in [-0.4, -0.2) is 23.6 Å². The van der Waals surface area contributed by atoms with Gasteiger partial charge in [0.1, 0.15) is 17.4 Å². The molecule has 2 aromatic carbocycles. The molecule has 1 aliphatic rings. The number of fused-ring (bicyclic) bond motifs is 2. The summed E-state index contributed by atoms with van der Waals surface area (Å²) in [6, 6.07) is 10.3. The quantitative estimate of drug-likeness (QED) is 0.804. The summed E-state index contributed by atoms with van der Waals surface area (Å²) in [6.07, 6.45) is 0.664. The molecule has 6 heteroatoms. The van der Waals surface area contributed by atoms with Gasteiger partial charge in [0.15, 0.2) is 0 Å². The summed E-state index contributed by atoms with van der Waals surface area (Å²) in [4.78, 5) is 21.7. The van der Waals surface area contributed by atoms with Crippen LogP contribution in [0.1, 0.15) is 11.4 Å². The molecule has 5 nitrogen and oxygen atoms in total. The number of methoxy groups -OCH3 is 1. The van der Waals surface area contributed by atoms with Crippen molar-refractivity contribution in [2.45, 2.75) is 13.0 Å². The lowest BCUT2D eigenvalue weighted by Gasteiger charge is -2.18. The van der Waals surface area contributed by atoms with Crippen LogP contribution < -0.4 is 15.2 Å². The molecule has 0 spiro atoms. The Morgan fingerprint density at radius 3 is 3.04 bits per heavy atom. The molecule has 0 atom stereocenters. The maximum atomic E-state index is 13.8. The second-order valence-electron chi connectivity index (χ2n) is 5.80. The Morgan fingerprint density at radius 2 is 2.21 bits per heavy atom. The molecule has 0 unspecified atom stereocenters. The number of H-pyrrole nitrogens is 1. The van der Waals surface area contributed by atoms with Crippen molar-refractivity contribution >= 4 is 16.6 Å². The highest BCUT2D eigenvalue weighted by atomic mass is 19.1. The minimum atomic E-state index is -0.201. The first kappa shape index (κ1) is 14.7. The van der Waals surface area contributed by atoms with Gasteiger partial charge in [0.2, 0.25) is 0 Å². The molecule has 0 aliphatic carbocycles. The fraction of sp³-hybridized carbons (Fsp3) is 0.222. The van der Waals surface area contributed by atoms with Crippen molar-refractivity contribution in [3.63, 3.8) is 0 Å². The Balaban J connectivity index is 1.69. The maximum absolute atomic E-state index is 13.8. The third kappa shape index (κ3) is 2.40. The summed E-state index contributed by atoms with van der Waals surface area (Å²) in [6.45, 7) is 1.15. The number of nitrogens with one attached hydrogen (secondary N) is 1. The number of nitrogens with zero attached hydrogens (tertiary/aromatic N) is 2. The SMILES string of the molecule is COc1ccc2nc(CN3CCc4c(F)cccc43)[nH]c(=O)c2c1. The van der Waals surface area contributed by atoms with E-state index in [1.165, 1.54) is 6.07 Å². The lowest BCUT2D eigenvalue weighted by atomic mass is 10.1. The van der Waals surface area contributed by atoms with E-state index in [1.54, 1.807) is 31.4 Å². The van der Waals surface area contributed by atoms with Gasteiger partial charge in [0.05, 0.1) is 24.6 Å². The van der Waals surface area contributed by atoms with Crippen LogP contribution in [0.15, 0.2) is 41.2 Å². The van der Waals surface area contributed by atoms with Gasteiger partial charge in [0, 0.05) is 17.8 Å². The fourth-order valence-corrected chi connectivity index (χ4v) is 3.17. The van der Waals surface area contributed by atoms with Crippen molar-refractivity contribution in [3.05, 3.63) is 64.0 Å². The first-order valence-corrected chi connectivity index (χ1v) is 7.75. The van der Waals surface area contributed by atoms with Gasteiger partial charge in [-0.1, -0.05) is 6.07 Å². The number of aromatic amines is 1. The third-order valence-corrected chi connectivity index (χ3v) is 4.37. The highest BCUT2D eigenvalue weighted by Gasteiger charge is 2.22. The Hall–Kier alpha value is -2.89. The van der Waals surface area contributed by atoms with Crippen molar-refractivity contribution in [1.82, 2.24) is 9.97 Å². The van der Waals surface area contributed by atoms with Crippen LogP contribution in [0.3, 0.4) is 0 Å². The molecule has 122 valence electrons. The van der Waals surface area contributed by atoms with Gasteiger partial charge >= 0.3 is 0 Å². The minimum Gasteiger partial charge on any atom is -0.497 e. The molecule has 0 bridgehead atoms. The molecule has 0 amide bonds. The molecule has 0 saturated heterocycles. The van der Waals surface area contributed by atoms with Crippen molar-refractivity contribution < 1.29 is 9.13 Å². The minimum absolute atomic E-state index is 0.179. The number of hydrogen-bond acceptors (Lipinski definition) is 4. The van der Waals surface area contributed by atoms with Gasteiger partial charge < -0.3 is 14.6 Å². The van der Waals surface area contributed by atoms with Crippen LogP contribution in [-0.2, 0) is 13.0 Å². The summed E-state index contributed by atoms with van der Waals surface area (Å²) in [5.74, 6) is 1.00. The molecular formula is C18H16FN3O2. The van der Waals surface area contributed by atoms with E-state index < -0.39 is 0 Å². The van der Waals surface area contributed by atoms with Crippen molar-refractivity contribution in [2.75, 3.05) is 18.6 Å². The predicted molar refractivity (Wildman–Crippen MR) is 90.1 cm³/mol. The average Bonchev–Trinajstić information content (AvgIpc) is 2.99. The zero-order chi connectivity index (χ0) is 16.7. The molecule has 1 N–H and O–H groups in total. The molecule has 1 aromatic heterocycles. The Bertz CT molecular complexity index is 984. The molecule has 1 aliphatic heterocycles. The Morgan fingerprint density at radius 1 is 1.33 bits per heavy atom. The fourth-order valence-electron chi connectivity index (χ4n) is 3.17. The molecule has 0 fully saturated rings. The summed E-state index contributed by atoms with van der Waals surface area (Å²) in [5, 5.41) is 0.492. The summed E-state index contributed by atoms with van der Waals surface area (Å²) in [5.41, 5.74) is 2.01. The molecule has 4 rings (SSSR count). The molecule has 0 radical (unpaired) electrons. The number of anilines is 1. The molecule has 3 aromatic rings. The zero-order valence-electron chi connectivity index (χ0n) is 13.2. The number of ether oxygens (including phenoxy) is 1. The molecule has 2 heterocycles. The van der Waals surface area contributed by atoms with Gasteiger partial charge in [-0.3, -0.25) is 4.79 Å². The van der Waals surface area contributed by atoms with Gasteiger partial charge in [-0.2, -0.15) is 0 Å². The maximum Gasteiger partial charge on any atom is 0.258 e. The van der Waals surface area contributed by atoms with E-state index in [4.69, 9.17) is 4.74 Å².